The molecule has 0 saturated heterocycles. The SMILES string of the molecule is C=CCOC(=O)C1=C(C)NC(SCC(=O)Nc2cccc(Cl)c2)=C(C#N)[C@H]1c1cccs1. The molecule has 32 heavy (non-hydrogen) atoms. The fourth-order valence-corrected chi connectivity index (χ4v) is 5.08. The van der Waals surface area contributed by atoms with Crippen molar-refractivity contribution in [2.24, 2.45) is 0 Å². The minimum absolute atomic E-state index is 0.0701. The van der Waals surface area contributed by atoms with Crippen molar-refractivity contribution in [2.45, 2.75) is 12.8 Å². The highest BCUT2D eigenvalue weighted by molar-refractivity contribution is 8.03. The summed E-state index contributed by atoms with van der Waals surface area (Å²) in [6.45, 7) is 5.40. The zero-order valence-corrected chi connectivity index (χ0v) is 19.6. The Bertz CT molecular complexity index is 1130. The van der Waals surface area contributed by atoms with Gasteiger partial charge in [0.25, 0.3) is 0 Å². The lowest BCUT2D eigenvalue weighted by molar-refractivity contribution is -0.138. The number of benzene rings is 1. The molecule has 0 fully saturated rings. The predicted octanol–water partition coefficient (Wildman–Crippen LogP) is 5.20. The minimum Gasteiger partial charge on any atom is -0.458 e. The van der Waals surface area contributed by atoms with Crippen molar-refractivity contribution < 1.29 is 14.3 Å². The second kappa shape index (κ2) is 11.0. The molecule has 1 aliphatic rings. The molecular weight excluding hydrogens is 466 g/mol. The third-order valence-corrected chi connectivity index (χ3v) is 6.67. The van der Waals surface area contributed by atoms with Gasteiger partial charge in [0, 0.05) is 21.3 Å². The molecule has 3 rings (SSSR count). The topological polar surface area (TPSA) is 91.2 Å². The van der Waals surface area contributed by atoms with Crippen LogP contribution in [0.15, 0.2) is 76.3 Å². The lowest BCUT2D eigenvalue weighted by atomic mass is 9.87. The van der Waals surface area contributed by atoms with E-state index in [4.69, 9.17) is 16.3 Å². The number of nitriles is 1. The number of amides is 1. The van der Waals surface area contributed by atoms with Gasteiger partial charge in [-0.3, -0.25) is 4.79 Å². The Morgan fingerprint density at radius 1 is 1.41 bits per heavy atom. The highest BCUT2D eigenvalue weighted by Crippen LogP contribution is 2.42. The Labute approximate surface area is 199 Å². The van der Waals surface area contributed by atoms with Gasteiger partial charge in [-0.2, -0.15) is 5.26 Å². The van der Waals surface area contributed by atoms with Gasteiger partial charge in [0.1, 0.15) is 6.61 Å². The van der Waals surface area contributed by atoms with E-state index in [1.165, 1.54) is 29.2 Å². The fraction of sp³-hybridized carbons (Fsp3) is 0.174. The molecule has 1 aromatic carbocycles. The van der Waals surface area contributed by atoms with Gasteiger partial charge in [0.15, 0.2) is 0 Å². The van der Waals surface area contributed by atoms with Gasteiger partial charge in [-0.1, -0.05) is 48.2 Å². The van der Waals surface area contributed by atoms with Crippen LogP contribution >= 0.6 is 34.7 Å². The molecule has 0 unspecified atom stereocenters. The Hall–Kier alpha value is -2.99. The van der Waals surface area contributed by atoms with E-state index in [0.717, 1.165) is 4.88 Å². The summed E-state index contributed by atoms with van der Waals surface area (Å²) in [5.74, 6) is -1.25. The van der Waals surface area contributed by atoms with E-state index in [2.05, 4.69) is 23.3 Å². The second-order valence-corrected chi connectivity index (χ2v) is 9.10. The highest BCUT2D eigenvalue weighted by atomic mass is 35.5. The standard InChI is InChI=1S/C23H20ClN3O3S2/c1-3-9-30-23(29)20-14(2)26-22(17(12-25)21(20)18-8-5-10-31-18)32-13-19(28)27-16-7-4-6-15(24)11-16/h3-8,10-11,21,26H,1,9,13H2,2H3,(H,27,28)/t21-/m0/s1. The van der Waals surface area contributed by atoms with Gasteiger partial charge in [-0.05, 0) is 36.6 Å². The van der Waals surface area contributed by atoms with Crippen LogP contribution in [0.4, 0.5) is 5.69 Å². The predicted molar refractivity (Wildman–Crippen MR) is 129 cm³/mol. The first kappa shape index (κ1) is 23.7. The average molecular weight is 486 g/mol. The van der Waals surface area contributed by atoms with Crippen LogP contribution < -0.4 is 10.6 Å². The molecule has 1 aliphatic heterocycles. The van der Waals surface area contributed by atoms with Gasteiger partial charge in [0.2, 0.25) is 5.91 Å². The lowest BCUT2D eigenvalue weighted by Crippen LogP contribution is -2.29. The van der Waals surface area contributed by atoms with Crippen LogP contribution in [0.1, 0.15) is 17.7 Å². The van der Waals surface area contributed by atoms with Crippen molar-refractivity contribution in [2.75, 3.05) is 17.7 Å². The van der Waals surface area contributed by atoms with Crippen LogP contribution in [0.3, 0.4) is 0 Å². The quantitative estimate of drug-likeness (QED) is 0.394. The molecule has 2 N–H and O–H groups in total. The Kier molecular flexibility index (Phi) is 8.17. The van der Waals surface area contributed by atoms with Crippen molar-refractivity contribution in [1.29, 1.82) is 5.26 Å². The number of esters is 1. The van der Waals surface area contributed by atoms with Gasteiger partial charge in [0.05, 0.1) is 33.9 Å². The summed E-state index contributed by atoms with van der Waals surface area (Å²) in [6, 6.07) is 12.8. The molecule has 2 heterocycles. The van der Waals surface area contributed by atoms with Crippen molar-refractivity contribution in [3.63, 3.8) is 0 Å². The van der Waals surface area contributed by atoms with E-state index in [-0.39, 0.29) is 18.3 Å². The first-order valence-corrected chi connectivity index (χ1v) is 11.8. The Balaban J connectivity index is 1.84. The number of thioether (sulfide) groups is 1. The number of carbonyl (C=O) groups excluding carboxylic acids is 2. The summed E-state index contributed by atoms with van der Waals surface area (Å²) in [4.78, 5) is 26.0. The van der Waals surface area contributed by atoms with Crippen molar-refractivity contribution in [1.82, 2.24) is 5.32 Å². The Morgan fingerprint density at radius 3 is 2.88 bits per heavy atom. The number of nitrogens with one attached hydrogen (secondary N) is 2. The maximum atomic E-state index is 12.8. The third-order valence-electron chi connectivity index (χ3n) is 4.48. The zero-order valence-electron chi connectivity index (χ0n) is 17.2. The van der Waals surface area contributed by atoms with E-state index in [0.29, 0.717) is 32.6 Å². The third kappa shape index (κ3) is 5.62. The minimum atomic E-state index is -0.572. The molecule has 2 aromatic rings. The van der Waals surface area contributed by atoms with Gasteiger partial charge >= 0.3 is 5.97 Å². The molecule has 0 radical (unpaired) electrons. The van der Waals surface area contributed by atoms with Crippen LogP contribution in [0.25, 0.3) is 0 Å². The molecule has 0 spiro atoms. The molecule has 0 bridgehead atoms. The zero-order chi connectivity index (χ0) is 23.1. The molecule has 1 amide bonds. The van der Waals surface area contributed by atoms with Gasteiger partial charge < -0.3 is 15.4 Å². The highest BCUT2D eigenvalue weighted by Gasteiger charge is 2.36. The molecule has 0 saturated carbocycles. The largest absolute Gasteiger partial charge is 0.458 e. The van der Waals surface area contributed by atoms with Crippen molar-refractivity contribution in [3.05, 3.63) is 86.2 Å². The molecule has 1 atom stereocenters. The number of dihydropyridines is 1. The van der Waals surface area contributed by atoms with E-state index in [9.17, 15) is 14.9 Å². The number of anilines is 1. The molecule has 1 aromatic heterocycles. The number of hydrogen-bond acceptors (Lipinski definition) is 7. The van der Waals surface area contributed by atoms with Crippen LogP contribution in [-0.4, -0.2) is 24.2 Å². The summed E-state index contributed by atoms with van der Waals surface area (Å²) >= 11 is 8.61. The number of ether oxygens (including phenoxy) is 1. The van der Waals surface area contributed by atoms with E-state index >= 15 is 0 Å². The van der Waals surface area contributed by atoms with Crippen LogP contribution in [0.2, 0.25) is 5.02 Å². The van der Waals surface area contributed by atoms with E-state index < -0.39 is 11.9 Å². The normalized spacial score (nSPS) is 15.6. The number of hydrogen-bond donors (Lipinski definition) is 2. The molecule has 0 aliphatic carbocycles. The number of nitrogens with zero attached hydrogens (tertiary/aromatic N) is 1. The van der Waals surface area contributed by atoms with Crippen LogP contribution in [0, 0.1) is 11.3 Å². The molecular formula is C23H20ClN3O3S2. The van der Waals surface area contributed by atoms with E-state index in [1.807, 2.05) is 17.5 Å². The molecule has 6 nitrogen and oxygen atoms in total. The molecule has 164 valence electrons. The maximum Gasteiger partial charge on any atom is 0.337 e. The summed E-state index contributed by atoms with van der Waals surface area (Å²) in [6.07, 6.45) is 1.49. The smallest absolute Gasteiger partial charge is 0.337 e. The first-order chi connectivity index (χ1) is 15.4. The van der Waals surface area contributed by atoms with Gasteiger partial charge in [-0.15, -0.1) is 11.3 Å². The number of carbonyl (C=O) groups is 2. The summed E-state index contributed by atoms with van der Waals surface area (Å²) < 4.78 is 5.27. The lowest BCUT2D eigenvalue weighted by Gasteiger charge is -2.28. The monoisotopic (exact) mass is 485 g/mol. The summed E-state index contributed by atoms with van der Waals surface area (Å²) in [5.41, 5.74) is 1.91. The van der Waals surface area contributed by atoms with Crippen molar-refractivity contribution >= 4 is 52.3 Å². The number of halogens is 1. The second-order valence-electron chi connectivity index (χ2n) is 6.70. The van der Waals surface area contributed by atoms with Crippen LogP contribution in [0.5, 0.6) is 0 Å². The van der Waals surface area contributed by atoms with E-state index in [1.54, 1.807) is 31.2 Å². The first-order valence-electron chi connectivity index (χ1n) is 9.56. The number of allylic oxidation sites excluding steroid dienone is 2. The van der Waals surface area contributed by atoms with Crippen molar-refractivity contribution in [3.8, 4) is 6.07 Å². The number of thiophene rings is 1. The fourth-order valence-electron chi connectivity index (χ4n) is 3.15. The number of rotatable bonds is 8. The van der Waals surface area contributed by atoms with Crippen LogP contribution in [-0.2, 0) is 14.3 Å². The summed E-state index contributed by atoms with van der Waals surface area (Å²) in [5, 5.41) is 18.8. The maximum absolute atomic E-state index is 12.8. The molecule has 9 heteroatoms. The summed E-state index contributed by atoms with van der Waals surface area (Å²) in [7, 11) is 0. The average Bonchev–Trinajstić information content (AvgIpc) is 3.30. The van der Waals surface area contributed by atoms with Gasteiger partial charge in [-0.25, -0.2) is 4.79 Å². The Morgan fingerprint density at radius 2 is 2.22 bits per heavy atom.